The summed E-state index contributed by atoms with van der Waals surface area (Å²) < 4.78 is 0. The van der Waals surface area contributed by atoms with E-state index < -0.39 is 24.3 Å². The maximum Gasteiger partial charge on any atom is 0.325 e. The molecule has 3 aliphatic heterocycles. The van der Waals surface area contributed by atoms with Crippen LogP contribution in [0.5, 0.6) is 0 Å². The summed E-state index contributed by atoms with van der Waals surface area (Å²) in [5.41, 5.74) is 1.19. The van der Waals surface area contributed by atoms with Crippen molar-refractivity contribution in [2.24, 2.45) is 4.99 Å². The molecule has 0 bridgehead atoms. The number of anilines is 1. The van der Waals surface area contributed by atoms with Crippen molar-refractivity contribution in [3.63, 3.8) is 0 Å². The normalized spacial score (nSPS) is 26.2. The van der Waals surface area contributed by atoms with Gasteiger partial charge in [-0.1, -0.05) is 18.2 Å². The number of hydrogen-bond donors (Lipinski definition) is 2. The van der Waals surface area contributed by atoms with Crippen molar-refractivity contribution < 1.29 is 14.7 Å². The van der Waals surface area contributed by atoms with E-state index >= 15 is 0 Å². The summed E-state index contributed by atoms with van der Waals surface area (Å²) in [5.74, 6) is 0.315. The molecule has 1 aromatic carbocycles. The Balaban J connectivity index is 1.54. The Morgan fingerprint density at radius 1 is 1.14 bits per heavy atom. The van der Waals surface area contributed by atoms with E-state index in [4.69, 9.17) is 4.99 Å². The number of carbonyl (C=O) groups is 2. The predicted molar refractivity (Wildman–Crippen MR) is 105 cm³/mol. The van der Waals surface area contributed by atoms with E-state index in [1.807, 2.05) is 23.1 Å². The number of nitrogens with zero attached hydrogens (tertiary/aromatic N) is 5. The monoisotopic (exact) mass is 386 g/mol. The van der Waals surface area contributed by atoms with Crippen molar-refractivity contribution in [2.75, 3.05) is 44.7 Å². The van der Waals surface area contributed by atoms with Crippen LogP contribution >= 0.6 is 0 Å². The van der Waals surface area contributed by atoms with Gasteiger partial charge in [0.05, 0.1) is 6.10 Å². The number of hydrogen-bond acceptors (Lipinski definition) is 7. The van der Waals surface area contributed by atoms with Crippen LogP contribution in [0.25, 0.3) is 0 Å². The van der Waals surface area contributed by atoms with Gasteiger partial charge in [-0.15, -0.1) is 0 Å². The third-order valence-corrected chi connectivity index (χ3v) is 5.48. The molecule has 0 aliphatic carbocycles. The minimum absolute atomic E-state index is 0.286. The fourth-order valence-electron chi connectivity index (χ4n) is 4.06. The molecule has 0 saturated carbocycles. The molecule has 28 heavy (non-hydrogen) atoms. The Kier molecular flexibility index (Phi) is 4.84. The lowest BCUT2D eigenvalue weighted by Crippen LogP contribution is -2.65. The first-order valence-corrected chi connectivity index (χ1v) is 9.61. The van der Waals surface area contributed by atoms with Crippen LogP contribution in [0.2, 0.25) is 0 Å². The number of rotatable bonds is 3. The topological polar surface area (TPSA) is 91.7 Å². The lowest BCUT2D eigenvalue weighted by Gasteiger charge is -2.41. The highest BCUT2D eigenvalue weighted by atomic mass is 16.3. The Bertz CT molecular complexity index is 775. The maximum atomic E-state index is 12.5. The van der Waals surface area contributed by atoms with Crippen LogP contribution < -0.4 is 10.2 Å². The van der Waals surface area contributed by atoms with Crippen molar-refractivity contribution in [2.45, 2.75) is 25.2 Å². The number of guanidine groups is 1. The Labute approximate surface area is 164 Å². The van der Waals surface area contributed by atoms with E-state index in [9.17, 15) is 14.7 Å². The van der Waals surface area contributed by atoms with Crippen LogP contribution in [0, 0.1) is 0 Å². The molecule has 0 aromatic heterocycles. The lowest BCUT2D eigenvalue weighted by atomic mass is 10.1. The third kappa shape index (κ3) is 3.26. The molecular formula is C19H26N6O3. The molecule has 0 spiro atoms. The zero-order chi connectivity index (χ0) is 19.8. The van der Waals surface area contributed by atoms with Gasteiger partial charge in [-0.2, -0.15) is 0 Å². The van der Waals surface area contributed by atoms with Crippen LogP contribution in [0.15, 0.2) is 35.3 Å². The molecule has 150 valence electrons. The number of imide groups is 1. The van der Waals surface area contributed by atoms with Gasteiger partial charge >= 0.3 is 6.03 Å². The number of para-hydroxylation sites is 1. The molecule has 3 heterocycles. The summed E-state index contributed by atoms with van der Waals surface area (Å²) in [5, 5.41) is 12.4. The second kappa shape index (κ2) is 7.31. The Morgan fingerprint density at radius 2 is 1.79 bits per heavy atom. The number of urea groups is 1. The van der Waals surface area contributed by atoms with Gasteiger partial charge in [0.25, 0.3) is 5.91 Å². The van der Waals surface area contributed by atoms with Crippen LogP contribution in [0.1, 0.15) is 6.92 Å². The summed E-state index contributed by atoms with van der Waals surface area (Å²) in [4.78, 5) is 37.0. The smallest absolute Gasteiger partial charge is 0.325 e. The molecular weight excluding hydrogens is 360 g/mol. The van der Waals surface area contributed by atoms with Crippen molar-refractivity contribution in [1.29, 1.82) is 0 Å². The SMILES string of the molecule is CC(O)CN1C(N2CCN(c3ccccc3)CC2)=NC2C1C(=O)NC(=O)N2C. The molecule has 4 rings (SSSR count). The lowest BCUT2D eigenvalue weighted by molar-refractivity contribution is -0.127. The molecule has 2 fully saturated rings. The van der Waals surface area contributed by atoms with Crippen LogP contribution in [-0.2, 0) is 4.79 Å². The number of aliphatic hydroxyl groups is 1. The fourth-order valence-corrected chi connectivity index (χ4v) is 4.06. The number of amides is 3. The second-order valence-electron chi connectivity index (χ2n) is 7.50. The van der Waals surface area contributed by atoms with E-state index in [1.165, 1.54) is 10.6 Å². The van der Waals surface area contributed by atoms with Gasteiger partial charge in [0, 0.05) is 45.5 Å². The zero-order valence-corrected chi connectivity index (χ0v) is 16.2. The highest BCUT2D eigenvalue weighted by Crippen LogP contribution is 2.26. The number of β-amino-alcohol motifs (C(OH)–C–C–N with tert-alkyl or cyclic N) is 1. The highest BCUT2D eigenvalue weighted by Gasteiger charge is 2.50. The van der Waals surface area contributed by atoms with E-state index in [-0.39, 0.29) is 12.5 Å². The Hall–Kier alpha value is -2.81. The van der Waals surface area contributed by atoms with E-state index in [1.54, 1.807) is 14.0 Å². The average molecular weight is 386 g/mol. The number of nitrogens with one attached hydrogen (secondary N) is 1. The number of benzene rings is 1. The fraction of sp³-hybridized carbons (Fsp3) is 0.526. The summed E-state index contributed by atoms with van der Waals surface area (Å²) in [6.45, 7) is 5.15. The van der Waals surface area contributed by atoms with Crippen LogP contribution in [0.4, 0.5) is 10.5 Å². The summed E-state index contributed by atoms with van der Waals surface area (Å²) >= 11 is 0. The average Bonchev–Trinajstić information content (AvgIpc) is 3.06. The largest absolute Gasteiger partial charge is 0.392 e. The highest BCUT2D eigenvalue weighted by molar-refractivity contribution is 6.03. The van der Waals surface area contributed by atoms with Gasteiger partial charge in [-0.05, 0) is 19.1 Å². The first-order chi connectivity index (χ1) is 13.5. The Morgan fingerprint density at radius 3 is 2.43 bits per heavy atom. The van der Waals surface area contributed by atoms with Crippen LogP contribution in [0.3, 0.4) is 0 Å². The van der Waals surface area contributed by atoms with E-state index in [0.29, 0.717) is 5.96 Å². The van der Waals surface area contributed by atoms with Gasteiger partial charge in [0.2, 0.25) is 0 Å². The number of aliphatic imine (C=N–C) groups is 1. The van der Waals surface area contributed by atoms with Crippen molar-refractivity contribution in [1.82, 2.24) is 20.0 Å². The minimum atomic E-state index is -0.620. The van der Waals surface area contributed by atoms with Crippen molar-refractivity contribution in [3.8, 4) is 0 Å². The number of piperazine rings is 1. The third-order valence-electron chi connectivity index (χ3n) is 5.48. The molecule has 0 radical (unpaired) electrons. The first kappa shape index (κ1) is 18.5. The van der Waals surface area contributed by atoms with Gasteiger partial charge in [-0.25, -0.2) is 9.79 Å². The molecule has 1 aromatic rings. The minimum Gasteiger partial charge on any atom is -0.392 e. The molecule has 9 heteroatoms. The molecule has 2 saturated heterocycles. The molecule has 2 N–H and O–H groups in total. The number of fused-ring (bicyclic) bond motifs is 1. The van der Waals surface area contributed by atoms with E-state index in [2.05, 4.69) is 27.2 Å². The number of carbonyl (C=O) groups excluding carboxylic acids is 2. The molecule has 9 nitrogen and oxygen atoms in total. The van der Waals surface area contributed by atoms with Gasteiger partial charge < -0.3 is 24.7 Å². The summed E-state index contributed by atoms with van der Waals surface area (Å²) in [7, 11) is 1.64. The molecule has 3 aliphatic rings. The maximum absolute atomic E-state index is 12.5. The standard InChI is InChI=1S/C19H26N6O3/c1-13(26)12-25-15-16(22(2)19(28)21-17(15)27)20-18(25)24-10-8-23(9-11-24)14-6-4-3-5-7-14/h3-7,13,15-16,26H,8-12H2,1-2H3,(H,21,27,28). The van der Waals surface area contributed by atoms with Crippen LogP contribution in [-0.4, -0.2) is 95.8 Å². The second-order valence-corrected chi connectivity index (χ2v) is 7.50. The van der Waals surface area contributed by atoms with Gasteiger partial charge in [0.1, 0.15) is 0 Å². The summed E-state index contributed by atoms with van der Waals surface area (Å²) in [6.07, 6.45) is -1.19. The molecule has 3 amide bonds. The van der Waals surface area contributed by atoms with Crippen molar-refractivity contribution in [3.05, 3.63) is 30.3 Å². The van der Waals surface area contributed by atoms with Gasteiger partial charge in [0.15, 0.2) is 18.2 Å². The molecule has 3 atom stereocenters. The summed E-state index contributed by atoms with van der Waals surface area (Å²) in [6, 6.07) is 9.21. The number of aliphatic hydroxyl groups excluding tert-OH is 1. The van der Waals surface area contributed by atoms with Crippen molar-refractivity contribution >= 4 is 23.6 Å². The van der Waals surface area contributed by atoms with Gasteiger partial charge in [-0.3, -0.25) is 10.1 Å². The number of likely N-dealkylation sites (N-methyl/N-ethyl adjacent to an activating group) is 1. The quantitative estimate of drug-likeness (QED) is 0.744. The zero-order valence-electron chi connectivity index (χ0n) is 16.2. The molecule has 3 unspecified atom stereocenters. The van der Waals surface area contributed by atoms with E-state index in [0.717, 1.165) is 26.2 Å². The predicted octanol–water partition coefficient (Wildman–Crippen LogP) is -0.263. The first-order valence-electron chi connectivity index (χ1n) is 9.61.